The molecule has 6 aliphatic rings. The van der Waals surface area contributed by atoms with Gasteiger partial charge in [0.1, 0.15) is 12.3 Å². The number of ketones is 2. The van der Waals surface area contributed by atoms with Gasteiger partial charge in [-0.15, -0.1) is 0 Å². The van der Waals surface area contributed by atoms with Crippen LogP contribution < -0.4 is 22.2 Å². The Hall–Kier alpha value is -3.31. The van der Waals surface area contributed by atoms with E-state index in [-0.39, 0.29) is 77.5 Å². The molecule has 0 radical (unpaired) electrons. The molecule has 0 aromatic heterocycles. The van der Waals surface area contributed by atoms with Crippen LogP contribution in [-0.2, 0) is 50.9 Å². The van der Waals surface area contributed by atoms with E-state index in [1.165, 1.54) is 11.6 Å². The molecule has 5 N–H and O–H groups in total. The molecule has 1 aliphatic heterocycles. The number of nitrogens with one attached hydrogen (secondary N) is 1. The van der Waals surface area contributed by atoms with Gasteiger partial charge in [0.25, 0.3) is 0 Å². The second-order valence-electron chi connectivity index (χ2n) is 23.2. The van der Waals surface area contributed by atoms with Crippen molar-refractivity contribution in [1.82, 2.24) is 5.32 Å². The number of Topliss-reactive ketones (excluding diaryl/α,β-unsaturated/α-hetero) is 1. The minimum Gasteiger partial charge on any atom is -1.00 e. The van der Waals surface area contributed by atoms with Crippen LogP contribution in [0.5, 0.6) is 5.75 Å². The summed E-state index contributed by atoms with van der Waals surface area (Å²) in [4.78, 5) is 61.6. The number of hydrogen-bond donors (Lipinski definition) is 5. The van der Waals surface area contributed by atoms with E-state index in [0.717, 1.165) is 109 Å². The molecule has 0 spiro atoms. The number of benzene rings is 2. The highest BCUT2D eigenvalue weighted by molar-refractivity contribution is 7.46. The molecule has 1 saturated heterocycles. The van der Waals surface area contributed by atoms with E-state index in [1.54, 1.807) is 24.3 Å². The van der Waals surface area contributed by atoms with Crippen LogP contribution in [-0.4, -0.2) is 119 Å². The molecular formula is C59H86ClN2O13P. The van der Waals surface area contributed by atoms with Crippen LogP contribution in [0.1, 0.15) is 147 Å². The Morgan fingerprint density at radius 3 is 2.39 bits per heavy atom. The van der Waals surface area contributed by atoms with Gasteiger partial charge in [-0.25, -0.2) is 9.36 Å². The predicted octanol–water partition coefficient (Wildman–Crippen LogP) is 5.80. The third-order valence-corrected chi connectivity index (χ3v) is 19.1. The molecule has 0 amide bonds. The molecule has 2 aromatic carbocycles. The lowest BCUT2D eigenvalue weighted by atomic mass is 9.46. The van der Waals surface area contributed by atoms with Crippen LogP contribution in [0.15, 0.2) is 72.3 Å². The van der Waals surface area contributed by atoms with Gasteiger partial charge in [0.05, 0.1) is 31.4 Å². The van der Waals surface area contributed by atoms with Gasteiger partial charge in [0, 0.05) is 48.0 Å². The summed E-state index contributed by atoms with van der Waals surface area (Å²) in [5.41, 5.74) is 0.570. The van der Waals surface area contributed by atoms with E-state index in [2.05, 4.69) is 43.4 Å². The third kappa shape index (κ3) is 13.5. The van der Waals surface area contributed by atoms with Crippen LogP contribution in [0.3, 0.4) is 0 Å². The molecule has 76 heavy (non-hydrogen) atoms. The van der Waals surface area contributed by atoms with E-state index in [1.807, 2.05) is 26.0 Å². The number of allylic oxidation sites excluding steroid dienone is 4. The van der Waals surface area contributed by atoms with Crippen molar-refractivity contribution in [2.45, 2.75) is 167 Å². The Kier molecular flexibility index (Phi) is 20.9. The zero-order chi connectivity index (χ0) is 53.4. The first-order chi connectivity index (χ1) is 35.9. The van der Waals surface area contributed by atoms with Crippen LogP contribution in [0.25, 0.3) is 0 Å². The number of nitrogens with zero attached hydrogens (tertiary/aromatic N) is 1. The van der Waals surface area contributed by atoms with Crippen molar-refractivity contribution in [1.29, 1.82) is 0 Å². The van der Waals surface area contributed by atoms with E-state index in [4.69, 9.17) is 23.5 Å². The Bertz CT molecular complexity index is 2390. The Balaban J connectivity index is 0.00000840. The first kappa shape index (κ1) is 60.3. The largest absolute Gasteiger partial charge is 1.00 e. The number of hydrogen-bond acceptors (Lipinski definition) is 12. The smallest absolute Gasteiger partial charge is 0.524 e. The third-order valence-electron chi connectivity index (χ3n) is 18.6. The number of aryl methyl sites for hydroxylation is 1. The number of esters is 1. The van der Waals surface area contributed by atoms with Crippen molar-refractivity contribution in [3.05, 3.63) is 89.0 Å². The molecule has 10 atom stereocenters. The van der Waals surface area contributed by atoms with Gasteiger partial charge >= 0.3 is 13.8 Å². The Morgan fingerprint density at radius 2 is 1.67 bits per heavy atom. The normalized spacial score (nSPS) is 29.6. The standard InChI is InChI=1S/C59H85N2O13P.ClH/c1-5-61(6-2,38-44-33-43(24-27-51(44)74-75(67,68)69)50(64)37-60-30-16-7-8-17-31-70-32-18-15-21-41-19-11-9-12-20-41)39-54(66)71-40-52(65)59-53(72-56(73-59)42-22-13-10-14-23-42)35-48-47-26-25-45-34-46(62)28-29-57(45,3)55(47)49(63)36-58(48,59)4;/h9,11-12,19-20,24,27-29,33-34,42,47-50,53,55-56,60,63-64H,5-8,10,13-18,21-23,25-26,30-32,35-40H2,1-4H3,(H-,67,68,69);1H/t47?,48?,49-,50+,53+,55?,56+,57-,58-,59+;/m0./s1. The second-order valence-corrected chi connectivity index (χ2v) is 24.4. The average molecular weight is 1100 g/mol. The summed E-state index contributed by atoms with van der Waals surface area (Å²) in [6.07, 6.45) is 17.2. The quantitative estimate of drug-likeness (QED) is 0.0310. The maximum atomic E-state index is 15.2. The van der Waals surface area contributed by atoms with Crippen molar-refractivity contribution in [2.24, 2.45) is 34.5 Å². The molecule has 422 valence electrons. The maximum Gasteiger partial charge on any atom is 0.524 e. The number of fused-ring (bicyclic) bond motifs is 7. The highest BCUT2D eigenvalue weighted by atomic mass is 35.5. The molecular weight excluding hydrogens is 1010 g/mol. The number of carbonyl (C=O) groups excluding carboxylic acids is 3. The molecule has 1 heterocycles. The minimum atomic E-state index is -4.99. The highest BCUT2D eigenvalue weighted by Crippen LogP contribution is 2.70. The van der Waals surface area contributed by atoms with Gasteiger partial charge in [-0.05, 0) is 138 Å². The van der Waals surface area contributed by atoms with Gasteiger partial charge in [-0.3, -0.25) is 19.4 Å². The maximum absolute atomic E-state index is 15.2. The molecule has 8 rings (SSSR count). The van der Waals surface area contributed by atoms with Gasteiger partial charge in [0.2, 0.25) is 5.78 Å². The summed E-state index contributed by atoms with van der Waals surface area (Å²) in [6.45, 7) is 10.8. The summed E-state index contributed by atoms with van der Waals surface area (Å²) in [7, 11) is -4.99. The topological polar surface area (TPSA) is 207 Å². The van der Waals surface area contributed by atoms with E-state index < -0.39 is 61.4 Å². The zero-order valence-electron chi connectivity index (χ0n) is 45.4. The summed E-state index contributed by atoms with van der Waals surface area (Å²) in [6, 6.07) is 15.2. The van der Waals surface area contributed by atoms with Crippen molar-refractivity contribution >= 4 is 25.4 Å². The molecule has 2 aromatic rings. The van der Waals surface area contributed by atoms with Gasteiger partial charge < -0.3 is 55.9 Å². The average Bonchev–Trinajstić information content (AvgIpc) is 3.90. The monoisotopic (exact) mass is 1100 g/mol. The van der Waals surface area contributed by atoms with Gasteiger partial charge in [-0.2, -0.15) is 0 Å². The number of ether oxygens (including phenoxy) is 4. The van der Waals surface area contributed by atoms with Crippen LogP contribution in [0.4, 0.5) is 0 Å². The number of phosphoric acid groups is 1. The molecule has 15 nitrogen and oxygen atoms in total. The molecule has 0 bridgehead atoms. The second kappa shape index (κ2) is 26.3. The number of quaternary nitrogens is 1. The molecule has 17 heteroatoms. The van der Waals surface area contributed by atoms with Crippen LogP contribution in [0, 0.1) is 34.5 Å². The van der Waals surface area contributed by atoms with Gasteiger partial charge in [0.15, 0.2) is 30.8 Å². The summed E-state index contributed by atoms with van der Waals surface area (Å²) >= 11 is 0. The number of unbranched alkanes of at least 4 members (excludes halogenated alkanes) is 4. The SMILES string of the molecule is CC[N+](CC)(CC(=O)OCC(=O)[C@@]12O[C@H](C3CCCCC3)O[C@@H]1CC1C3CCC4=CC(=O)C=C[C@]4(C)C3[C@@H](O)C[C@@]12C)Cc1cc([C@H](O)CNCCCCCCOCCCCc2ccccc2)ccc1OP(=O)(O)O.[Cl-]. The van der Waals surface area contributed by atoms with Crippen molar-refractivity contribution in [3.8, 4) is 5.75 Å². The number of likely N-dealkylation sites (N-methyl/N-ethyl adjacent to an activating group) is 1. The number of halogens is 1. The molecule has 5 fully saturated rings. The Labute approximate surface area is 457 Å². The van der Waals surface area contributed by atoms with Crippen molar-refractivity contribution < 1.29 is 79.3 Å². The van der Waals surface area contributed by atoms with Gasteiger partial charge in [-0.1, -0.05) is 94.0 Å². The van der Waals surface area contributed by atoms with E-state index >= 15 is 4.79 Å². The summed E-state index contributed by atoms with van der Waals surface area (Å²) in [5, 5.41) is 26.9. The zero-order valence-corrected chi connectivity index (χ0v) is 47.0. The number of rotatable bonds is 27. The molecule has 3 unspecified atom stereocenters. The highest BCUT2D eigenvalue weighted by Gasteiger charge is 2.76. The Morgan fingerprint density at radius 1 is 0.947 bits per heavy atom. The lowest BCUT2D eigenvalue weighted by Gasteiger charge is -2.59. The fourth-order valence-corrected chi connectivity index (χ4v) is 14.9. The first-order valence-electron chi connectivity index (χ1n) is 28.3. The first-order valence-corrected chi connectivity index (χ1v) is 29.8. The van der Waals surface area contributed by atoms with E-state index in [0.29, 0.717) is 43.6 Å². The lowest BCUT2D eigenvalue weighted by molar-refractivity contribution is -0.931. The summed E-state index contributed by atoms with van der Waals surface area (Å²) in [5.74, 6) is -1.09. The van der Waals surface area contributed by atoms with Crippen LogP contribution >= 0.6 is 7.82 Å². The predicted molar refractivity (Wildman–Crippen MR) is 284 cm³/mol. The fourth-order valence-electron chi connectivity index (χ4n) is 14.5. The number of aliphatic hydroxyl groups excluding tert-OH is 2. The van der Waals surface area contributed by atoms with E-state index in [9.17, 15) is 34.2 Å². The lowest BCUT2D eigenvalue weighted by Crippen LogP contribution is -3.00. The molecule has 4 saturated carbocycles. The van der Waals surface area contributed by atoms with Crippen LogP contribution in [0.2, 0.25) is 0 Å². The van der Waals surface area contributed by atoms with Crippen molar-refractivity contribution in [2.75, 3.05) is 52.5 Å². The van der Waals surface area contributed by atoms with Crippen molar-refractivity contribution in [3.63, 3.8) is 0 Å². The summed E-state index contributed by atoms with van der Waals surface area (Å²) < 4.78 is 43.3. The minimum absolute atomic E-state index is 0. The number of carbonyl (C=O) groups is 3. The number of aliphatic hydroxyl groups is 2. The fraction of sp³-hybridized carbons (Fsp3) is 0.678. The number of phosphoric ester groups is 1. The molecule has 5 aliphatic carbocycles.